The smallest absolute Gasteiger partial charge is 0.203 e. The molecule has 1 saturated carbocycles. The van der Waals surface area contributed by atoms with E-state index in [1.165, 1.54) is 30.5 Å². The van der Waals surface area contributed by atoms with Gasteiger partial charge in [0, 0.05) is 18.3 Å². The number of nitrogens with zero attached hydrogens (tertiary/aromatic N) is 5. The van der Waals surface area contributed by atoms with Crippen LogP contribution in [-0.4, -0.2) is 51.4 Å². The van der Waals surface area contributed by atoms with Gasteiger partial charge in [0.25, 0.3) is 0 Å². The molecule has 1 unspecified atom stereocenters. The predicted octanol–water partition coefficient (Wildman–Crippen LogP) is 4.80. The van der Waals surface area contributed by atoms with Gasteiger partial charge in [0.15, 0.2) is 5.82 Å². The predicted molar refractivity (Wildman–Crippen MR) is 126 cm³/mol. The molecule has 1 aromatic heterocycles. The van der Waals surface area contributed by atoms with Gasteiger partial charge in [-0.1, -0.05) is 12.1 Å². The van der Waals surface area contributed by atoms with Crippen molar-refractivity contribution in [3.8, 4) is 11.4 Å². The third-order valence-electron chi connectivity index (χ3n) is 6.02. The van der Waals surface area contributed by atoms with Crippen LogP contribution in [0.15, 0.2) is 48.5 Å². The number of hydrogen-bond acceptors (Lipinski definition) is 5. The fourth-order valence-corrected chi connectivity index (χ4v) is 4.02. The number of methoxy groups -OCH3 is 1. The first kappa shape index (κ1) is 22.6. The van der Waals surface area contributed by atoms with Crippen LogP contribution in [0.5, 0.6) is 5.75 Å². The Morgan fingerprint density at radius 2 is 1.78 bits per heavy atom. The Morgan fingerprint density at radius 3 is 2.34 bits per heavy atom. The molecule has 0 N–H and O–H groups in total. The van der Waals surface area contributed by atoms with E-state index < -0.39 is 0 Å². The second-order valence-electron chi connectivity index (χ2n) is 8.56. The van der Waals surface area contributed by atoms with Gasteiger partial charge in [0.05, 0.1) is 19.8 Å². The van der Waals surface area contributed by atoms with E-state index >= 15 is 0 Å². The molecule has 1 heterocycles. The molecule has 1 aliphatic carbocycles. The summed E-state index contributed by atoms with van der Waals surface area (Å²) in [4.78, 5) is 4.52. The van der Waals surface area contributed by atoms with Crippen molar-refractivity contribution in [3.05, 3.63) is 70.5 Å². The van der Waals surface area contributed by atoms with Gasteiger partial charge in [0.1, 0.15) is 11.6 Å². The summed E-state index contributed by atoms with van der Waals surface area (Å²) in [5, 5.41) is 4.93. The molecule has 1 aliphatic rings. The fraction of sp³-hybridized carbons (Fsp3) is 0.417. The van der Waals surface area contributed by atoms with E-state index in [0.717, 1.165) is 23.8 Å². The average molecular weight is 456 g/mol. The lowest BCUT2D eigenvalue weighted by Crippen LogP contribution is -2.29. The minimum absolute atomic E-state index is 0.0407. The van der Waals surface area contributed by atoms with Gasteiger partial charge in [-0.05, 0) is 88.0 Å². The molecule has 0 amide bonds. The first-order chi connectivity index (χ1) is 15.4. The number of benzene rings is 2. The highest BCUT2D eigenvalue weighted by atomic mass is 32.1. The molecule has 0 saturated heterocycles. The Balaban J connectivity index is 1.66. The lowest BCUT2D eigenvalue weighted by molar-refractivity contribution is 0.185. The third-order valence-corrected chi connectivity index (χ3v) is 6.41. The van der Waals surface area contributed by atoms with Crippen LogP contribution in [0.2, 0.25) is 0 Å². The van der Waals surface area contributed by atoms with Crippen LogP contribution in [0.25, 0.3) is 5.69 Å². The van der Waals surface area contributed by atoms with E-state index in [1.54, 1.807) is 19.2 Å². The van der Waals surface area contributed by atoms with Gasteiger partial charge in [-0.25, -0.2) is 9.07 Å². The van der Waals surface area contributed by atoms with Crippen LogP contribution >= 0.6 is 12.2 Å². The SMILES string of the molecule is COc1ccc(CN(Cn2nc(C(C)N(C)C)n(-c3ccc(F)cc3)c2=S)C2CC2)cc1. The molecule has 170 valence electrons. The molecule has 0 radical (unpaired) electrons. The van der Waals surface area contributed by atoms with Crippen molar-refractivity contribution in [2.75, 3.05) is 21.2 Å². The van der Waals surface area contributed by atoms with Crippen LogP contribution in [0.4, 0.5) is 4.39 Å². The largest absolute Gasteiger partial charge is 0.497 e. The van der Waals surface area contributed by atoms with E-state index in [4.69, 9.17) is 22.1 Å². The minimum atomic E-state index is -0.269. The normalized spacial score (nSPS) is 14.8. The van der Waals surface area contributed by atoms with Crippen molar-refractivity contribution in [1.82, 2.24) is 24.1 Å². The molecule has 0 bridgehead atoms. The summed E-state index contributed by atoms with van der Waals surface area (Å²) in [6, 6.07) is 15.2. The average Bonchev–Trinajstić information content (AvgIpc) is 3.59. The maximum Gasteiger partial charge on any atom is 0.203 e. The molecule has 1 atom stereocenters. The Kier molecular flexibility index (Phi) is 6.74. The van der Waals surface area contributed by atoms with E-state index in [-0.39, 0.29) is 11.9 Å². The van der Waals surface area contributed by atoms with Crippen LogP contribution in [0.3, 0.4) is 0 Å². The zero-order chi connectivity index (χ0) is 22.8. The molecule has 32 heavy (non-hydrogen) atoms. The van der Waals surface area contributed by atoms with Gasteiger partial charge < -0.3 is 4.74 Å². The Bertz CT molecular complexity index is 1100. The molecule has 8 heteroatoms. The minimum Gasteiger partial charge on any atom is -0.497 e. The second kappa shape index (κ2) is 9.52. The summed E-state index contributed by atoms with van der Waals surface area (Å²) in [6.07, 6.45) is 2.37. The van der Waals surface area contributed by atoms with Gasteiger partial charge >= 0.3 is 0 Å². The standard InChI is InChI=1S/C24H30FN5OS/c1-17(27(2)3)23-26-29(24(32)30(23)21-9-7-19(25)8-10-21)16-28(20-11-12-20)15-18-5-13-22(31-4)14-6-18/h5-10,13-14,17,20H,11-12,15-16H2,1-4H3. The first-order valence-corrected chi connectivity index (χ1v) is 11.3. The highest BCUT2D eigenvalue weighted by Crippen LogP contribution is 2.30. The van der Waals surface area contributed by atoms with E-state index in [2.05, 4.69) is 28.9 Å². The van der Waals surface area contributed by atoms with Crippen molar-refractivity contribution >= 4 is 12.2 Å². The number of rotatable bonds is 9. The van der Waals surface area contributed by atoms with E-state index in [1.807, 2.05) is 35.5 Å². The highest BCUT2D eigenvalue weighted by Gasteiger charge is 2.30. The fourth-order valence-electron chi connectivity index (χ4n) is 3.72. The lowest BCUT2D eigenvalue weighted by Gasteiger charge is -2.22. The molecule has 2 aromatic carbocycles. The van der Waals surface area contributed by atoms with Crippen molar-refractivity contribution in [3.63, 3.8) is 0 Å². The summed E-state index contributed by atoms with van der Waals surface area (Å²) in [6.45, 7) is 3.52. The van der Waals surface area contributed by atoms with Crippen molar-refractivity contribution in [2.24, 2.45) is 0 Å². The van der Waals surface area contributed by atoms with Crippen LogP contribution < -0.4 is 4.74 Å². The number of aromatic nitrogens is 3. The molecular weight excluding hydrogens is 425 g/mol. The number of halogens is 1. The molecule has 4 rings (SSSR count). The van der Waals surface area contributed by atoms with Gasteiger partial charge in [0.2, 0.25) is 4.77 Å². The third kappa shape index (κ3) is 4.92. The molecule has 0 spiro atoms. The van der Waals surface area contributed by atoms with Crippen molar-refractivity contribution < 1.29 is 9.13 Å². The molecule has 0 aliphatic heterocycles. The lowest BCUT2D eigenvalue weighted by atomic mass is 10.2. The van der Waals surface area contributed by atoms with Gasteiger partial charge in [-0.3, -0.25) is 14.4 Å². The molecule has 3 aromatic rings. The van der Waals surface area contributed by atoms with Crippen molar-refractivity contribution in [1.29, 1.82) is 0 Å². The summed E-state index contributed by atoms with van der Waals surface area (Å²) in [5.74, 6) is 1.43. The van der Waals surface area contributed by atoms with Crippen LogP contribution in [0.1, 0.15) is 37.2 Å². The van der Waals surface area contributed by atoms with E-state index in [0.29, 0.717) is 17.5 Å². The monoisotopic (exact) mass is 455 g/mol. The summed E-state index contributed by atoms with van der Waals surface area (Å²) >= 11 is 5.86. The number of ether oxygens (including phenoxy) is 1. The van der Waals surface area contributed by atoms with Crippen molar-refractivity contribution in [2.45, 2.75) is 45.1 Å². The van der Waals surface area contributed by atoms with Gasteiger partial charge in [-0.2, -0.15) is 5.10 Å². The summed E-state index contributed by atoms with van der Waals surface area (Å²) in [7, 11) is 5.71. The Labute approximate surface area is 193 Å². The summed E-state index contributed by atoms with van der Waals surface area (Å²) < 4.78 is 23.3. The molecule has 6 nitrogen and oxygen atoms in total. The Morgan fingerprint density at radius 1 is 1.12 bits per heavy atom. The molecule has 1 fully saturated rings. The molecular formula is C24H30FN5OS. The maximum atomic E-state index is 13.5. The van der Waals surface area contributed by atoms with E-state index in [9.17, 15) is 4.39 Å². The topological polar surface area (TPSA) is 38.5 Å². The second-order valence-corrected chi connectivity index (χ2v) is 8.92. The maximum absolute atomic E-state index is 13.5. The quantitative estimate of drug-likeness (QED) is 0.434. The van der Waals surface area contributed by atoms with Gasteiger partial charge in [-0.15, -0.1) is 0 Å². The Hall–Kier alpha value is -2.55. The first-order valence-electron chi connectivity index (χ1n) is 10.9. The zero-order valence-corrected chi connectivity index (χ0v) is 19.8. The number of hydrogen-bond donors (Lipinski definition) is 0. The zero-order valence-electron chi connectivity index (χ0n) is 19.0. The summed E-state index contributed by atoms with van der Waals surface area (Å²) in [5.41, 5.74) is 2.04. The van der Waals surface area contributed by atoms with Crippen LogP contribution in [0, 0.1) is 10.6 Å². The highest BCUT2D eigenvalue weighted by molar-refractivity contribution is 7.71. The van der Waals surface area contributed by atoms with Crippen LogP contribution in [-0.2, 0) is 13.2 Å².